The van der Waals surface area contributed by atoms with Crippen molar-refractivity contribution in [1.29, 1.82) is 0 Å². The maximum atomic E-state index is 12.7. The number of hydrogen-bond donors (Lipinski definition) is 2. The number of ether oxygens (including phenoxy) is 2. The van der Waals surface area contributed by atoms with Gasteiger partial charge in [0.1, 0.15) is 0 Å². The predicted molar refractivity (Wildman–Crippen MR) is 108 cm³/mol. The van der Waals surface area contributed by atoms with Crippen LogP contribution in [0.3, 0.4) is 0 Å². The minimum absolute atomic E-state index is 0.149. The zero-order chi connectivity index (χ0) is 21.9. The summed E-state index contributed by atoms with van der Waals surface area (Å²) in [5.41, 5.74) is 1.62. The topological polar surface area (TPSA) is 111 Å². The molecule has 0 bridgehead atoms. The zero-order valence-corrected chi connectivity index (χ0v) is 16.8. The fourth-order valence-corrected chi connectivity index (χ4v) is 2.63. The highest BCUT2D eigenvalue weighted by molar-refractivity contribution is 5.93. The summed E-state index contributed by atoms with van der Waals surface area (Å²) in [6.45, 7) is 2.50. The van der Waals surface area contributed by atoms with Crippen molar-refractivity contribution in [2.24, 2.45) is 0 Å². The highest BCUT2D eigenvalue weighted by atomic mass is 16.6. The summed E-state index contributed by atoms with van der Waals surface area (Å²) in [6.07, 6.45) is -3.27. The van der Waals surface area contributed by atoms with Crippen LogP contribution in [0.5, 0.6) is 0 Å². The highest BCUT2D eigenvalue weighted by Crippen LogP contribution is 2.09. The third-order valence-corrected chi connectivity index (χ3v) is 4.00. The van der Waals surface area contributed by atoms with E-state index in [1.807, 2.05) is 36.4 Å². The van der Waals surface area contributed by atoms with Gasteiger partial charge in [0.2, 0.25) is 12.2 Å². The Kier molecular flexibility index (Phi) is 8.56. The van der Waals surface area contributed by atoms with Gasteiger partial charge < -0.3 is 20.1 Å². The second kappa shape index (κ2) is 11.4. The molecule has 0 radical (unpaired) electrons. The second-order valence-corrected chi connectivity index (χ2v) is 6.47. The maximum absolute atomic E-state index is 12.7. The molecule has 2 atom stereocenters. The lowest BCUT2D eigenvalue weighted by Crippen LogP contribution is -2.53. The van der Waals surface area contributed by atoms with Crippen molar-refractivity contribution < 1.29 is 28.7 Å². The molecule has 2 aromatic rings. The van der Waals surface area contributed by atoms with Crippen LogP contribution in [0.4, 0.5) is 0 Å². The van der Waals surface area contributed by atoms with Gasteiger partial charge >= 0.3 is 11.9 Å². The number of carbonyl (C=O) groups is 4. The molecule has 2 aromatic carbocycles. The van der Waals surface area contributed by atoms with Crippen molar-refractivity contribution in [3.8, 4) is 0 Å². The van der Waals surface area contributed by atoms with Gasteiger partial charge in [0, 0.05) is 26.9 Å². The van der Waals surface area contributed by atoms with Crippen LogP contribution in [0.2, 0.25) is 0 Å². The Hall–Kier alpha value is -3.68. The lowest BCUT2D eigenvalue weighted by molar-refractivity contribution is -0.174. The van der Waals surface area contributed by atoms with E-state index in [4.69, 9.17) is 9.47 Å². The number of nitrogens with one attached hydrogen (secondary N) is 2. The van der Waals surface area contributed by atoms with E-state index in [0.29, 0.717) is 0 Å². The number of carbonyl (C=O) groups excluding carboxylic acids is 4. The third kappa shape index (κ3) is 7.38. The summed E-state index contributed by atoms with van der Waals surface area (Å²) in [5.74, 6) is -3.09. The Balaban J connectivity index is 2.13. The molecule has 2 rings (SSSR count). The Labute approximate surface area is 174 Å². The van der Waals surface area contributed by atoms with Gasteiger partial charge in [-0.1, -0.05) is 60.7 Å². The van der Waals surface area contributed by atoms with Gasteiger partial charge in [-0.05, 0) is 11.1 Å². The van der Waals surface area contributed by atoms with E-state index in [-0.39, 0.29) is 13.1 Å². The average Bonchev–Trinajstić information content (AvgIpc) is 2.74. The fourth-order valence-electron chi connectivity index (χ4n) is 2.63. The molecule has 2 unspecified atom stereocenters. The van der Waals surface area contributed by atoms with Crippen molar-refractivity contribution in [2.75, 3.05) is 0 Å². The smallest absolute Gasteiger partial charge is 0.303 e. The van der Waals surface area contributed by atoms with E-state index in [9.17, 15) is 19.2 Å². The SMILES string of the molecule is CC(=O)OC(C(=O)NCc1ccccc1)C(OC(C)=O)C(=O)NCc1ccccc1. The van der Waals surface area contributed by atoms with Crippen LogP contribution in [-0.4, -0.2) is 36.0 Å². The molecule has 0 spiro atoms. The fraction of sp³-hybridized carbons (Fsp3) is 0.273. The van der Waals surface area contributed by atoms with Crippen molar-refractivity contribution in [3.05, 3.63) is 71.8 Å². The largest absolute Gasteiger partial charge is 0.448 e. The standard InChI is InChI=1S/C22H24N2O6/c1-15(25)29-19(21(27)23-13-17-9-5-3-6-10-17)20(30-16(2)26)22(28)24-14-18-11-7-4-8-12-18/h3-12,19-20H,13-14H2,1-2H3,(H,23,27)(H,24,28). The van der Waals surface area contributed by atoms with E-state index >= 15 is 0 Å². The molecule has 8 nitrogen and oxygen atoms in total. The summed E-state index contributed by atoms with van der Waals surface area (Å²) < 4.78 is 10.1. The number of rotatable bonds is 9. The molecule has 0 heterocycles. The molecule has 0 saturated heterocycles. The van der Waals surface area contributed by atoms with E-state index in [2.05, 4.69) is 10.6 Å². The minimum atomic E-state index is -1.63. The van der Waals surface area contributed by atoms with Crippen LogP contribution < -0.4 is 10.6 Å². The zero-order valence-electron chi connectivity index (χ0n) is 16.8. The second-order valence-electron chi connectivity index (χ2n) is 6.47. The van der Waals surface area contributed by atoms with E-state index in [0.717, 1.165) is 25.0 Å². The van der Waals surface area contributed by atoms with Gasteiger partial charge in [-0.15, -0.1) is 0 Å². The quantitative estimate of drug-likeness (QED) is 0.604. The highest BCUT2D eigenvalue weighted by Gasteiger charge is 2.39. The Morgan fingerprint density at radius 3 is 1.30 bits per heavy atom. The van der Waals surface area contributed by atoms with Gasteiger partial charge in [0.25, 0.3) is 11.8 Å². The van der Waals surface area contributed by atoms with Crippen LogP contribution in [0.1, 0.15) is 25.0 Å². The number of amides is 2. The summed E-state index contributed by atoms with van der Waals surface area (Å²) >= 11 is 0. The van der Waals surface area contributed by atoms with Gasteiger partial charge in [0.05, 0.1) is 0 Å². The average molecular weight is 412 g/mol. The molecule has 0 aliphatic carbocycles. The lowest BCUT2D eigenvalue weighted by atomic mass is 10.1. The van der Waals surface area contributed by atoms with Gasteiger partial charge in [-0.25, -0.2) is 0 Å². The summed E-state index contributed by atoms with van der Waals surface area (Å²) in [4.78, 5) is 48.5. The third-order valence-electron chi connectivity index (χ3n) is 4.00. The summed E-state index contributed by atoms with van der Waals surface area (Å²) in [5, 5.41) is 5.20. The van der Waals surface area contributed by atoms with Crippen molar-refractivity contribution in [3.63, 3.8) is 0 Å². The first-order chi connectivity index (χ1) is 14.4. The first-order valence-corrected chi connectivity index (χ1v) is 9.34. The lowest BCUT2D eigenvalue weighted by Gasteiger charge is -2.24. The normalized spacial score (nSPS) is 12.2. The van der Waals surface area contributed by atoms with Crippen LogP contribution in [0.15, 0.2) is 60.7 Å². The van der Waals surface area contributed by atoms with Gasteiger partial charge in [0.15, 0.2) is 0 Å². The monoisotopic (exact) mass is 412 g/mol. The molecule has 8 heteroatoms. The summed E-state index contributed by atoms with van der Waals surface area (Å²) in [7, 11) is 0. The van der Waals surface area contributed by atoms with Crippen LogP contribution in [0, 0.1) is 0 Å². The molecular weight excluding hydrogens is 388 g/mol. The van der Waals surface area contributed by atoms with Crippen LogP contribution in [-0.2, 0) is 41.7 Å². The van der Waals surface area contributed by atoms with Crippen LogP contribution >= 0.6 is 0 Å². The van der Waals surface area contributed by atoms with Crippen molar-refractivity contribution in [2.45, 2.75) is 39.1 Å². The van der Waals surface area contributed by atoms with E-state index in [1.165, 1.54) is 0 Å². The first-order valence-electron chi connectivity index (χ1n) is 9.34. The molecule has 0 aliphatic heterocycles. The van der Waals surface area contributed by atoms with Crippen molar-refractivity contribution >= 4 is 23.8 Å². The number of hydrogen-bond acceptors (Lipinski definition) is 6. The number of esters is 2. The summed E-state index contributed by atoms with van der Waals surface area (Å²) in [6, 6.07) is 18.1. The molecule has 0 saturated carbocycles. The Bertz CT molecular complexity index is 796. The van der Waals surface area contributed by atoms with Gasteiger partial charge in [-0.3, -0.25) is 19.2 Å². The predicted octanol–water partition coefficient (Wildman–Crippen LogP) is 1.48. The van der Waals surface area contributed by atoms with E-state index in [1.54, 1.807) is 24.3 Å². The Morgan fingerprint density at radius 1 is 0.667 bits per heavy atom. The van der Waals surface area contributed by atoms with Crippen molar-refractivity contribution in [1.82, 2.24) is 10.6 Å². The number of benzene rings is 2. The molecular formula is C22H24N2O6. The van der Waals surface area contributed by atoms with Gasteiger partial charge in [-0.2, -0.15) is 0 Å². The molecule has 30 heavy (non-hydrogen) atoms. The molecule has 0 aliphatic rings. The maximum Gasteiger partial charge on any atom is 0.303 e. The molecule has 158 valence electrons. The van der Waals surface area contributed by atoms with E-state index < -0.39 is 36.0 Å². The minimum Gasteiger partial charge on any atom is -0.448 e. The molecule has 0 aromatic heterocycles. The molecule has 2 N–H and O–H groups in total. The first kappa shape index (κ1) is 22.6. The molecule has 2 amide bonds. The Morgan fingerprint density at radius 2 is 1.00 bits per heavy atom. The van der Waals surface area contributed by atoms with Crippen LogP contribution in [0.25, 0.3) is 0 Å². The molecule has 0 fully saturated rings.